The Morgan fingerprint density at radius 2 is 1.88 bits per heavy atom. The lowest BCUT2D eigenvalue weighted by atomic mass is 9.92. The molecule has 0 spiro atoms. The zero-order valence-electron chi connectivity index (χ0n) is 15.0. The highest BCUT2D eigenvalue weighted by Gasteiger charge is 2.34. The van der Waals surface area contributed by atoms with Crippen molar-refractivity contribution in [2.75, 3.05) is 5.32 Å². The molecule has 2 amide bonds. The highest BCUT2D eigenvalue weighted by molar-refractivity contribution is 6.30. The first-order valence-corrected chi connectivity index (χ1v) is 9.24. The molecule has 1 aliphatic heterocycles. The molecule has 26 heavy (non-hydrogen) atoms. The van der Waals surface area contributed by atoms with Gasteiger partial charge in [0.15, 0.2) is 0 Å². The van der Waals surface area contributed by atoms with E-state index in [1.54, 1.807) is 29.2 Å². The van der Waals surface area contributed by atoms with Crippen LogP contribution in [0.15, 0.2) is 48.5 Å². The van der Waals surface area contributed by atoms with Crippen molar-refractivity contribution in [1.29, 1.82) is 0 Å². The molecule has 1 atom stereocenters. The summed E-state index contributed by atoms with van der Waals surface area (Å²) in [5.41, 5.74) is 2.86. The maximum atomic E-state index is 12.9. The van der Waals surface area contributed by atoms with E-state index in [-0.39, 0.29) is 17.7 Å². The van der Waals surface area contributed by atoms with Crippen LogP contribution in [0, 0.1) is 5.92 Å². The number of carbonyl (C=O) groups excluding carboxylic acids is 2. The highest BCUT2D eigenvalue weighted by atomic mass is 35.5. The van der Waals surface area contributed by atoms with Crippen molar-refractivity contribution in [1.82, 2.24) is 4.90 Å². The summed E-state index contributed by atoms with van der Waals surface area (Å²) in [5, 5.41) is 3.46. The van der Waals surface area contributed by atoms with Gasteiger partial charge < -0.3 is 10.2 Å². The minimum Gasteiger partial charge on any atom is -0.326 e. The lowest BCUT2D eigenvalue weighted by Gasteiger charge is -2.36. The van der Waals surface area contributed by atoms with Gasteiger partial charge in [-0.1, -0.05) is 55.8 Å². The van der Waals surface area contributed by atoms with Gasteiger partial charge in [0.1, 0.15) is 6.04 Å². The Labute approximate surface area is 159 Å². The van der Waals surface area contributed by atoms with Crippen LogP contribution in [0.1, 0.15) is 31.4 Å². The first kappa shape index (κ1) is 18.5. The first-order valence-electron chi connectivity index (χ1n) is 8.86. The van der Waals surface area contributed by atoms with Crippen molar-refractivity contribution in [3.8, 4) is 0 Å². The van der Waals surface area contributed by atoms with Gasteiger partial charge in [-0.05, 0) is 35.2 Å². The van der Waals surface area contributed by atoms with Crippen molar-refractivity contribution < 1.29 is 9.59 Å². The lowest BCUT2D eigenvalue weighted by Crippen LogP contribution is -2.50. The molecule has 1 N–H and O–H groups in total. The number of amides is 2. The van der Waals surface area contributed by atoms with E-state index in [1.807, 2.05) is 38.1 Å². The number of carbonyl (C=O) groups is 2. The van der Waals surface area contributed by atoms with Gasteiger partial charge in [-0.15, -0.1) is 0 Å². The van der Waals surface area contributed by atoms with E-state index in [0.29, 0.717) is 30.1 Å². The Bertz CT molecular complexity index is 819. The van der Waals surface area contributed by atoms with Crippen LogP contribution in [0.25, 0.3) is 0 Å². The number of fused-ring (bicyclic) bond motifs is 1. The van der Waals surface area contributed by atoms with Gasteiger partial charge >= 0.3 is 0 Å². The topological polar surface area (TPSA) is 49.4 Å². The van der Waals surface area contributed by atoms with Crippen LogP contribution >= 0.6 is 11.6 Å². The minimum absolute atomic E-state index is 0.0146. The summed E-state index contributed by atoms with van der Waals surface area (Å²) >= 11 is 6.00. The molecule has 0 fully saturated rings. The summed E-state index contributed by atoms with van der Waals surface area (Å²) in [7, 11) is 0. The second kappa shape index (κ2) is 7.92. The first-order chi connectivity index (χ1) is 12.4. The number of anilines is 1. The monoisotopic (exact) mass is 370 g/mol. The Kier molecular flexibility index (Phi) is 5.62. The van der Waals surface area contributed by atoms with Gasteiger partial charge in [0, 0.05) is 30.1 Å². The molecule has 5 heteroatoms. The fraction of sp³-hybridized carbons (Fsp3) is 0.333. The molecule has 1 unspecified atom stereocenters. The summed E-state index contributed by atoms with van der Waals surface area (Å²) < 4.78 is 0. The third-order valence-electron chi connectivity index (χ3n) is 4.55. The molecule has 0 radical (unpaired) electrons. The number of benzene rings is 2. The molecule has 2 aromatic carbocycles. The molecule has 136 valence electrons. The zero-order valence-corrected chi connectivity index (χ0v) is 15.8. The third kappa shape index (κ3) is 4.25. The standard InChI is InChI=1S/C21H23ClN2O2/c1-14(2)10-20(25)24-13-16-7-4-3-6-15(16)11-19(24)21(26)23-18-9-5-8-17(22)12-18/h3-9,12,14,19H,10-11,13H2,1-2H3,(H,23,26). The second-order valence-electron chi connectivity index (χ2n) is 7.11. The quantitative estimate of drug-likeness (QED) is 0.873. The fourth-order valence-electron chi connectivity index (χ4n) is 3.28. The van der Waals surface area contributed by atoms with Gasteiger partial charge in [-0.3, -0.25) is 9.59 Å². The average molecular weight is 371 g/mol. The summed E-state index contributed by atoms with van der Waals surface area (Å²) in [4.78, 5) is 27.4. The molecule has 0 aromatic heterocycles. The van der Waals surface area contributed by atoms with Gasteiger partial charge in [0.2, 0.25) is 11.8 Å². The SMILES string of the molecule is CC(C)CC(=O)N1Cc2ccccc2CC1C(=O)Nc1cccc(Cl)c1. The molecular weight excluding hydrogens is 348 g/mol. The van der Waals surface area contributed by atoms with Crippen LogP contribution in [0.3, 0.4) is 0 Å². The van der Waals surface area contributed by atoms with E-state index >= 15 is 0 Å². The van der Waals surface area contributed by atoms with Crippen LogP contribution in [-0.4, -0.2) is 22.8 Å². The molecule has 0 aliphatic carbocycles. The van der Waals surface area contributed by atoms with Gasteiger partial charge in [0.05, 0.1) is 0 Å². The van der Waals surface area contributed by atoms with Crippen LogP contribution in [0.5, 0.6) is 0 Å². The van der Waals surface area contributed by atoms with E-state index < -0.39 is 6.04 Å². The number of nitrogens with one attached hydrogen (secondary N) is 1. The Hall–Kier alpha value is -2.33. The largest absolute Gasteiger partial charge is 0.326 e. The number of rotatable bonds is 4. The van der Waals surface area contributed by atoms with Crippen molar-refractivity contribution in [3.63, 3.8) is 0 Å². The van der Waals surface area contributed by atoms with E-state index in [2.05, 4.69) is 5.32 Å². The summed E-state index contributed by atoms with van der Waals surface area (Å²) in [5.74, 6) is 0.0796. The predicted octanol–water partition coefficient (Wildman–Crippen LogP) is 4.28. The molecule has 1 heterocycles. The minimum atomic E-state index is -0.518. The predicted molar refractivity (Wildman–Crippen MR) is 104 cm³/mol. The van der Waals surface area contributed by atoms with Crippen molar-refractivity contribution >= 4 is 29.1 Å². The van der Waals surface area contributed by atoms with Crippen molar-refractivity contribution in [3.05, 3.63) is 64.7 Å². The van der Waals surface area contributed by atoms with Crippen LogP contribution in [0.2, 0.25) is 5.02 Å². The van der Waals surface area contributed by atoms with E-state index in [0.717, 1.165) is 11.1 Å². The smallest absolute Gasteiger partial charge is 0.247 e. The molecule has 0 saturated heterocycles. The number of nitrogens with zero attached hydrogens (tertiary/aromatic N) is 1. The molecule has 0 bridgehead atoms. The zero-order chi connectivity index (χ0) is 18.7. The van der Waals surface area contributed by atoms with E-state index in [1.165, 1.54) is 0 Å². The third-order valence-corrected chi connectivity index (χ3v) is 4.78. The Morgan fingerprint density at radius 1 is 1.15 bits per heavy atom. The Balaban J connectivity index is 1.85. The van der Waals surface area contributed by atoms with Crippen LogP contribution in [-0.2, 0) is 22.6 Å². The number of halogens is 1. The Morgan fingerprint density at radius 3 is 2.58 bits per heavy atom. The highest BCUT2D eigenvalue weighted by Crippen LogP contribution is 2.26. The average Bonchev–Trinajstić information content (AvgIpc) is 2.60. The van der Waals surface area contributed by atoms with Crippen LogP contribution in [0.4, 0.5) is 5.69 Å². The molecule has 3 rings (SSSR count). The van der Waals surface area contributed by atoms with Crippen molar-refractivity contribution in [2.24, 2.45) is 5.92 Å². The summed E-state index contributed by atoms with van der Waals surface area (Å²) in [6.45, 7) is 4.49. The van der Waals surface area contributed by atoms with Crippen molar-refractivity contribution in [2.45, 2.75) is 39.3 Å². The summed E-state index contributed by atoms with van der Waals surface area (Å²) in [6, 6.07) is 14.5. The molecule has 4 nitrogen and oxygen atoms in total. The number of hydrogen-bond acceptors (Lipinski definition) is 2. The molecular formula is C21H23ClN2O2. The number of hydrogen-bond donors (Lipinski definition) is 1. The van der Waals surface area contributed by atoms with Gasteiger partial charge in [-0.25, -0.2) is 0 Å². The normalized spacial score (nSPS) is 16.3. The maximum absolute atomic E-state index is 12.9. The fourth-order valence-corrected chi connectivity index (χ4v) is 3.47. The van der Waals surface area contributed by atoms with Gasteiger partial charge in [0.25, 0.3) is 0 Å². The second-order valence-corrected chi connectivity index (χ2v) is 7.54. The molecule has 0 saturated carbocycles. The molecule has 2 aromatic rings. The maximum Gasteiger partial charge on any atom is 0.247 e. The lowest BCUT2D eigenvalue weighted by molar-refractivity contribution is -0.140. The van der Waals surface area contributed by atoms with Crippen LogP contribution < -0.4 is 5.32 Å². The molecule has 1 aliphatic rings. The van der Waals surface area contributed by atoms with Gasteiger partial charge in [-0.2, -0.15) is 0 Å². The van der Waals surface area contributed by atoms with E-state index in [4.69, 9.17) is 11.6 Å². The van der Waals surface area contributed by atoms with E-state index in [9.17, 15) is 9.59 Å². The summed E-state index contributed by atoms with van der Waals surface area (Å²) in [6.07, 6.45) is 0.954.